The number of amides is 1. The number of nitrogens with two attached hydrogens (primary N) is 1. The van der Waals surface area contributed by atoms with Crippen molar-refractivity contribution in [3.05, 3.63) is 0 Å². The molecule has 0 aromatic carbocycles. The summed E-state index contributed by atoms with van der Waals surface area (Å²) in [5.74, 6) is -0.231. The maximum Gasteiger partial charge on any atom is 0.231 e. The van der Waals surface area contributed by atoms with Crippen LogP contribution in [0.4, 0.5) is 0 Å². The molecule has 1 fully saturated rings. The number of carbonyl (C=O) groups excluding carboxylic acids is 1. The summed E-state index contributed by atoms with van der Waals surface area (Å²) in [5, 5.41) is 0. The fourth-order valence-corrected chi connectivity index (χ4v) is 2.05. The normalized spacial score (nSPS) is 20.2. The number of rotatable bonds is 4. The molecule has 2 N–H and O–H groups in total. The first-order valence-corrected chi connectivity index (χ1v) is 5.34. The van der Waals surface area contributed by atoms with Gasteiger partial charge in [0, 0.05) is 6.04 Å². The highest BCUT2D eigenvalue weighted by Gasteiger charge is 2.21. The molecule has 1 rings (SSSR count). The molecule has 1 aliphatic heterocycles. The first-order valence-electron chi connectivity index (χ1n) is 5.34. The molecule has 0 aromatic rings. The van der Waals surface area contributed by atoms with E-state index in [0.29, 0.717) is 12.6 Å². The molecular formula is C10H21N3O. The Morgan fingerprint density at radius 3 is 2.50 bits per heavy atom. The molecule has 4 nitrogen and oxygen atoms in total. The van der Waals surface area contributed by atoms with Gasteiger partial charge in [0.25, 0.3) is 0 Å². The predicted molar refractivity (Wildman–Crippen MR) is 57.0 cm³/mol. The van der Waals surface area contributed by atoms with Gasteiger partial charge in [0.1, 0.15) is 0 Å². The van der Waals surface area contributed by atoms with Crippen LogP contribution in [0.3, 0.4) is 0 Å². The average molecular weight is 199 g/mol. The average Bonchev–Trinajstić information content (AvgIpc) is 2.17. The van der Waals surface area contributed by atoms with Crippen LogP contribution in [0.25, 0.3) is 0 Å². The number of hydrogen-bond donors (Lipinski definition) is 1. The maximum atomic E-state index is 10.7. The summed E-state index contributed by atoms with van der Waals surface area (Å²) in [6.45, 7) is 5.99. The van der Waals surface area contributed by atoms with Crippen molar-refractivity contribution < 1.29 is 4.79 Å². The number of piperidine rings is 1. The molecule has 1 saturated heterocycles. The van der Waals surface area contributed by atoms with Crippen LogP contribution in [0.5, 0.6) is 0 Å². The SMILES string of the molecule is CCN1CCC(N(C)CC(N)=O)CC1. The number of primary amides is 1. The minimum atomic E-state index is -0.231. The van der Waals surface area contributed by atoms with Crippen LogP contribution >= 0.6 is 0 Å². The second kappa shape index (κ2) is 5.32. The van der Waals surface area contributed by atoms with Crippen LogP contribution in [0, 0.1) is 0 Å². The molecule has 0 bridgehead atoms. The fraction of sp³-hybridized carbons (Fsp3) is 0.900. The van der Waals surface area contributed by atoms with Gasteiger partial charge in [0.2, 0.25) is 5.91 Å². The molecule has 0 aromatic heterocycles. The molecule has 4 heteroatoms. The molecule has 0 unspecified atom stereocenters. The van der Waals surface area contributed by atoms with Crippen molar-refractivity contribution in [1.82, 2.24) is 9.80 Å². The quantitative estimate of drug-likeness (QED) is 0.687. The molecule has 0 saturated carbocycles. The lowest BCUT2D eigenvalue weighted by Gasteiger charge is -2.35. The van der Waals surface area contributed by atoms with Crippen LogP contribution < -0.4 is 5.73 Å². The van der Waals surface area contributed by atoms with E-state index in [4.69, 9.17) is 5.73 Å². The van der Waals surface area contributed by atoms with Gasteiger partial charge in [-0.2, -0.15) is 0 Å². The minimum Gasteiger partial charge on any atom is -0.369 e. The third kappa shape index (κ3) is 3.27. The van der Waals surface area contributed by atoms with Gasteiger partial charge in [-0.15, -0.1) is 0 Å². The predicted octanol–water partition coefficient (Wildman–Crippen LogP) is -0.112. The van der Waals surface area contributed by atoms with Gasteiger partial charge >= 0.3 is 0 Å². The highest BCUT2D eigenvalue weighted by atomic mass is 16.1. The number of nitrogens with zero attached hydrogens (tertiary/aromatic N) is 2. The Hall–Kier alpha value is -0.610. The molecule has 1 amide bonds. The molecule has 82 valence electrons. The number of carbonyl (C=O) groups is 1. The summed E-state index contributed by atoms with van der Waals surface area (Å²) in [7, 11) is 1.98. The van der Waals surface area contributed by atoms with Crippen molar-refractivity contribution in [1.29, 1.82) is 0 Å². The maximum absolute atomic E-state index is 10.7. The smallest absolute Gasteiger partial charge is 0.231 e. The van der Waals surface area contributed by atoms with E-state index < -0.39 is 0 Å². The fourth-order valence-electron chi connectivity index (χ4n) is 2.05. The first kappa shape index (κ1) is 11.5. The van der Waals surface area contributed by atoms with E-state index in [1.54, 1.807) is 0 Å². The summed E-state index contributed by atoms with van der Waals surface area (Å²) in [6.07, 6.45) is 2.30. The number of likely N-dealkylation sites (N-methyl/N-ethyl adjacent to an activating group) is 1. The zero-order valence-electron chi connectivity index (χ0n) is 9.20. The van der Waals surface area contributed by atoms with Crippen molar-refractivity contribution in [3.8, 4) is 0 Å². The van der Waals surface area contributed by atoms with Crippen molar-refractivity contribution in [3.63, 3.8) is 0 Å². The van der Waals surface area contributed by atoms with Crippen molar-refractivity contribution in [2.24, 2.45) is 5.73 Å². The topological polar surface area (TPSA) is 49.6 Å². The zero-order chi connectivity index (χ0) is 10.6. The zero-order valence-corrected chi connectivity index (χ0v) is 9.20. The van der Waals surface area contributed by atoms with Gasteiger partial charge in [-0.05, 0) is 39.5 Å². The van der Waals surface area contributed by atoms with Crippen molar-refractivity contribution in [2.45, 2.75) is 25.8 Å². The summed E-state index contributed by atoms with van der Waals surface area (Å²) < 4.78 is 0. The third-order valence-electron chi connectivity index (χ3n) is 3.03. The Bertz CT molecular complexity index is 188. The molecule has 1 heterocycles. The lowest BCUT2D eigenvalue weighted by molar-refractivity contribution is -0.119. The third-order valence-corrected chi connectivity index (χ3v) is 3.03. The van der Waals surface area contributed by atoms with E-state index in [9.17, 15) is 4.79 Å². The molecule has 14 heavy (non-hydrogen) atoms. The standard InChI is InChI=1S/C10H21N3O/c1-3-13-6-4-9(5-7-13)12(2)8-10(11)14/h9H,3-8H2,1-2H3,(H2,11,14). The van der Waals surface area contributed by atoms with Crippen LogP contribution in [0.1, 0.15) is 19.8 Å². The largest absolute Gasteiger partial charge is 0.369 e. The highest BCUT2D eigenvalue weighted by Crippen LogP contribution is 2.14. The van der Waals surface area contributed by atoms with Crippen LogP contribution in [-0.2, 0) is 4.79 Å². The Morgan fingerprint density at radius 1 is 1.50 bits per heavy atom. The van der Waals surface area contributed by atoms with E-state index in [1.165, 1.54) is 0 Å². The van der Waals surface area contributed by atoms with Gasteiger partial charge in [0.05, 0.1) is 6.54 Å². The van der Waals surface area contributed by atoms with Gasteiger partial charge in [-0.1, -0.05) is 6.92 Å². The van der Waals surface area contributed by atoms with Crippen LogP contribution in [0.15, 0.2) is 0 Å². The Balaban J connectivity index is 2.30. The Morgan fingerprint density at radius 2 is 2.07 bits per heavy atom. The van der Waals surface area contributed by atoms with Crippen LogP contribution in [-0.4, -0.2) is 55.0 Å². The molecule has 0 radical (unpaired) electrons. The summed E-state index contributed by atoms with van der Waals surface area (Å²) >= 11 is 0. The summed E-state index contributed by atoms with van der Waals surface area (Å²) in [4.78, 5) is 15.3. The van der Waals surface area contributed by atoms with Gasteiger partial charge in [-0.3, -0.25) is 9.69 Å². The van der Waals surface area contributed by atoms with Crippen molar-refractivity contribution in [2.75, 3.05) is 33.2 Å². The number of hydrogen-bond acceptors (Lipinski definition) is 3. The van der Waals surface area contributed by atoms with E-state index in [2.05, 4.69) is 16.7 Å². The molecular weight excluding hydrogens is 178 g/mol. The highest BCUT2D eigenvalue weighted by molar-refractivity contribution is 5.75. The molecule has 0 atom stereocenters. The van der Waals surface area contributed by atoms with Gasteiger partial charge in [0.15, 0.2) is 0 Å². The first-order chi connectivity index (χ1) is 6.63. The van der Waals surface area contributed by atoms with E-state index >= 15 is 0 Å². The summed E-state index contributed by atoms with van der Waals surface area (Å²) in [6, 6.07) is 0.533. The second-order valence-electron chi connectivity index (χ2n) is 4.05. The summed E-state index contributed by atoms with van der Waals surface area (Å²) in [5.41, 5.74) is 5.16. The van der Waals surface area contributed by atoms with Crippen LogP contribution in [0.2, 0.25) is 0 Å². The lowest BCUT2D eigenvalue weighted by atomic mass is 10.0. The van der Waals surface area contributed by atoms with Gasteiger partial charge < -0.3 is 10.6 Å². The van der Waals surface area contributed by atoms with E-state index in [-0.39, 0.29) is 5.91 Å². The Kier molecular flexibility index (Phi) is 4.35. The Labute approximate surface area is 86.0 Å². The van der Waals surface area contributed by atoms with E-state index in [1.807, 2.05) is 7.05 Å². The monoisotopic (exact) mass is 199 g/mol. The van der Waals surface area contributed by atoms with E-state index in [0.717, 1.165) is 32.5 Å². The number of likely N-dealkylation sites (tertiary alicyclic amines) is 1. The second-order valence-corrected chi connectivity index (χ2v) is 4.05. The minimum absolute atomic E-state index is 0.231. The van der Waals surface area contributed by atoms with Crippen molar-refractivity contribution >= 4 is 5.91 Å². The lowest BCUT2D eigenvalue weighted by Crippen LogP contribution is -2.45. The van der Waals surface area contributed by atoms with Gasteiger partial charge in [-0.25, -0.2) is 0 Å². The molecule has 1 aliphatic rings. The molecule has 0 aliphatic carbocycles. The molecule has 0 spiro atoms.